The average Bonchev–Trinajstić information content (AvgIpc) is 3.28. The molecule has 4 rings (SSSR count). The van der Waals surface area contributed by atoms with Gasteiger partial charge in [0.1, 0.15) is 0 Å². The molecule has 2 aromatic heterocycles. The molecule has 0 radical (unpaired) electrons. The number of hydrogen-bond donors (Lipinski definition) is 1. The summed E-state index contributed by atoms with van der Waals surface area (Å²) in [4.78, 5) is 18.1. The first-order valence-corrected chi connectivity index (χ1v) is 10.7. The molecule has 0 spiro atoms. The van der Waals surface area contributed by atoms with Gasteiger partial charge in [-0.1, -0.05) is 42.0 Å². The van der Waals surface area contributed by atoms with Crippen LogP contribution in [-0.2, 0) is 17.6 Å². The van der Waals surface area contributed by atoms with Crippen LogP contribution in [0.1, 0.15) is 27.9 Å². The zero-order valence-electron chi connectivity index (χ0n) is 17.0. The predicted octanol–water partition coefficient (Wildman–Crippen LogP) is 4.89. The SMILES string of the molecule is Cc1ccc(CCNC(=O)Cc2csc3nc(-c4ccc(C)c(C)c4)cn23)cc1. The van der Waals surface area contributed by atoms with Gasteiger partial charge in [0.2, 0.25) is 5.91 Å². The van der Waals surface area contributed by atoms with Crippen LogP contribution in [0, 0.1) is 20.8 Å². The van der Waals surface area contributed by atoms with Crippen LogP contribution < -0.4 is 5.32 Å². The quantitative estimate of drug-likeness (QED) is 0.498. The standard InChI is InChI=1S/C24H25N3OS/c1-16-4-7-19(8-5-16)10-11-25-23(28)13-21-15-29-24-26-22(14-27(21)24)20-9-6-17(2)18(3)12-20/h4-9,12,14-15H,10-11,13H2,1-3H3,(H,25,28). The lowest BCUT2D eigenvalue weighted by molar-refractivity contribution is -0.120. The summed E-state index contributed by atoms with van der Waals surface area (Å²) < 4.78 is 2.04. The fourth-order valence-electron chi connectivity index (χ4n) is 3.32. The maximum Gasteiger partial charge on any atom is 0.225 e. The third kappa shape index (κ3) is 4.40. The zero-order chi connectivity index (χ0) is 20.4. The van der Waals surface area contributed by atoms with Crippen molar-refractivity contribution in [2.75, 3.05) is 6.54 Å². The van der Waals surface area contributed by atoms with Gasteiger partial charge in [-0.2, -0.15) is 0 Å². The first-order chi connectivity index (χ1) is 14.0. The minimum Gasteiger partial charge on any atom is -0.355 e. The van der Waals surface area contributed by atoms with E-state index in [1.807, 2.05) is 16.0 Å². The van der Waals surface area contributed by atoms with Crippen LogP contribution in [0.25, 0.3) is 16.2 Å². The number of nitrogens with one attached hydrogen (secondary N) is 1. The van der Waals surface area contributed by atoms with Crippen LogP contribution >= 0.6 is 11.3 Å². The molecule has 1 amide bonds. The third-order valence-electron chi connectivity index (χ3n) is 5.28. The highest BCUT2D eigenvalue weighted by Gasteiger charge is 2.13. The lowest BCUT2D eigenvalue weighted by Crippen LogP contribution is -2.27. The largest absolute Gasteiger partial charge is 0.355 e. The van der Waals surface area contributed by atoms with E-state index in [4.69, 9.17) is 4.98 Å². The van der Waals surface area contributed by atoms with Crippen LogP contribution in [0.2, 0.25) is 0 Å². The summed E-state index contributed by atoms with van der Waals surface area (Å²) in [6.07, 6.45) is 3.23. The van der Waals surface area contributed by atoms with Gasteiger partial charge in [-0.05, 0) is 49.9 Å². The number of aromatic nitrogens is 2. The lowest BCUT2D eigenvalue weighted by atomic mass is 10.0. The third-order valence-corrected chi connectivity index (χ3v) is 6.17. The number of hydrogen-bond acceptors (Lipinski definition) is 3. The number of nitrogens with zero attached hydrogens (tertiary/aromatic N) is 2. The first-order valence-electron chi connectivity index (χ1n) is 9.85. The zero-order valence-corrected chi connectivity index (χ0v) is 17.8. The Morgan fingerprint density at radius 3 is 2.62 bits per heavy atom. The molecule has 0 atom stereocenters. The number of amides is 1. The summed E-state index contributed by atoms with van der Waals surface area (Å²) in [6, 6.07) is 14.8. The molecule has 2 heterocycles. The van der Waals surface area contributed by atoms with Crippen LogP contribution in [0.5, 0.6) is 0 Å². The highest BCUT2D eigenvalue weighted by Crippen LogP contribution is 2.25. The van der Waals surface area contributed by atoms with Crippen molar-refractivity contribution >= 4 is 22.2 Å². The average molecular weight is 404 g/mol. The van der Waals surface area contributed by atoms with Gasteiger partial charge >= 0.3 is 0 Å². The van der Waals surface area contributed by atoms with Crippen LogP contribution in [-0.4, -0.2) is 21.8 Å². The summed E-state index contributed by atoms with van der Waals surface area (Å²) in [7, 11) is 0. The van der Waals surface area contributed by atoms with Crippen molar-refractivity contribution in [3.8, 4) is 11.3 Å². The van der Waals surface area contributed by atoms with Crippen LogP contribution in [0.15, 0.2) is 54.0 Å². The second-order valence-electron chi connectivity index (χ2n) is 7.57. The van der Waals surface area contributed by atoms with E-state index in [9.17, 15) is 4.79 Å². The topological polar surface area (TPSA) is 46.4 Å². The number of benzene rings is 2. The predicted molar refractivity (Wildman–Crippen MR) is 120 cm³/mol. The molecular weight excluding hydrogens is 378 g/mol. The van der Waals surface area contributed by atoms with E-state index >= 15 is 0 Å². The van der Waals surface area contributed by atoms with Crippen molar-refractivity contribution in [1.29, 1.82) is 0 Å². The van der Waals surface area contributed by atoms with Crippen molar-refractivity contribution in [3.05, 3.63) is 82.0 Å². The Morgan fingerprint density at radius 1 is 1.07 bits per heavy atom. The molecule has 4 aromatic rings. The molecule has 0 fully saturated rings. The molecule has 0 aliphatic carbocycles. The molecule has 0 aliphatic heterocycles. The number of rotatable bonds is 6. The summed E-state index contributed by atoms with van der Waals surface area (Å²) in [5.74, 6) is 0.0400. The molecule has 0 saturated carbocycles. The van der Waals surface area contributed by atoms with Gasteiger partial charge in [0.05, 0.1) is 12.1 Å². The van der Waals surface area contributed by atoms with E-state index in [0.717, 1.165) is 28.3 Å². The van der Waals surface area contributed by atoms with Crippen molar-refractivity contribution in [3.63, 3.8) is 0 Å². The Hall–Kier alpha value is -2.92. The summed E-state index contributed by atoms with van der Waals surface area (Å²) in [6.45, 7) is 6.95. The lowest BCUT2D eigenvalue weighted by Gasteiger charge is -2.05. The number of carbonyl (C=O) groups excluding carboxylic acids is 1. The number of fused-ring (bicyclic) bond motifs is 1. The van der Waals surface area contributed by atoms with E-state index < -0.39 is 0 Å². The minimum absolute atomic E-state index is 0.0400. The number of imidazole rings is 1. The van der Waals surface area contributed by atoms with Crippen molar-refractivity contribution in [2.24, 2.45) is 0 Å². The van der Waals surface area contributed by atoms with E-state index in [1.165, 1.54) is 22.3 Å². The maximum atomic E-state index is 12.4. The summed E-state index contributed by atoms with van der Waals surface area (Å²) in [5.41, 5.74) is 8.05. The molecule has 0 bridgehead atoms. The van der Waals surface area contributed by atoms with Gasteiger partial charge in [-0.3, -0.25) is 9.20 Å². The smallest absolute Gasteiger partial charge is 0.225 e. The molecule has 1 N–H and O–H groups in total. The molecule has 0 saturated heterocycles. The number of thiazole rings is 1. The Kier molecular flexibility index (Phi) is 5.49. The fraction of sp³-hybridized carbons (Fsp3) is 0.250. The molecule has 5 heteroatoms. The van der Waals surface area contributed by atoms with Gasteiger partial charge in [0, 0.05) is 29.4 Å². The van der Waals surface area contributed by atoms with Crippen molar-refractivity contribution in [2.45, 2.75) is 33.6 Å². The number of aryl methyl sites for hydroxylation is 3. The molecular formula is C24H25N3OS. The molecule has 4 nitrogen and oxygen atoms in total. The van der Waals surface area contributed by atoms with Gasteiger partial charge in [0.25, 0.3) is 0 Å². The summed E-state index contributed by atoms with van der Waals surface area (Å²) >= 11 is 1.57. The molecule has 0 unspecified atom stereocenters. The minimum atomic E-state index is 0.0400. The number of carbonyl (C=O) groups is 1. The molecule has 0 aliphatic rings. The molecule has 2 aromatic carbocycles. The van der Waals surface area contributed by atoms with Gasteiger partial charge < -0.3 is 5.32 Å². The second-order valence-corrected chi connectivity index (χ2v) is 8.40. The van der Waals surface area contributed by atoms with Crippen molar-refractivity contribution in [1.82, 2.24) is 14.7 Å². The van der Waals surface area contributed by atoms with E-state index in [-0.39, 0.29) is 5.91 Å². The van der Waals surface area contributed by atoms with Gasteiger partial charge in [-0.15, -0.1) is 11.3 Å². The normalized spacial score (nSPS) is 11.1. The fourth-order valence-corrected chi connectivity index (χ4v) is 4.20. The Balaban J connectivity index is 1.41. The van der Waals surface area contributed by atoms with E-state index in [0.29, 0.717) is 13.0 Å². The Labute approximate surface area is 175 Å². The second kappa shape index (κ2) is 8.21. The maximum absolute atomic E-state index is 12.4. The van der Waals surface area contributed by atoms with E-state index in [1.54, 1.807) is 11.3 Å². The van der Waals surface area contributed by atoms with Crippen LogP contribution in [0.3, 0.4) is 0 Å². The monoisotopic (exact) mass is 403 g/mol. The van der Waals surface area contributed by atoms with E-state index in [2.05, 4.69) is 68.6 Å². The highest BCUT2D eigenvalue weighted by molar-refractivity contribution is 7.15. The van der Waals surface area contributed by atoms with Gasteiger partial charge in [-0.25, -0.2) is 4.98 Å². The molecule has 148 valence electrons. The first kappa shape index (κ1) is 19.4. The van der Waals surface area contributed by atoms with Crippen molar-refractivity contribution < 1.29 is 4.79 Å². The van der Waals surface area contributed by atoms with Gasteiger partial charge in [0.15, 0.2) is 4.96 Å². The highest BCUT2D eigenvalue weighted by atomic mass is 32.1. The summed E-state index contributed by atoms with van der Waals surface area (Å²) in [5, 5.41) is 5.05. The van der Waals surface area contributed by atoms with Crippen LogP contribution in [0.4, 0.5) is 0 Å². The Bertz CT molecular complexity index is 1150. The Morgan fingerprint density at radius 2 is 1.86 bits per heavy atom. The molecule has 29 heavy (non-hydrogen) atoms.